The van der Waals surface area contributed by atoms with E-state index in [1.165, 1.54) is 112 Å². The Kier molecular flexibility index (Phi) is 16.6. The molecule has 1 aliphatic carbocycles. The summed E-state index contributed by atoms with van der Waals surface area (Å²) in [4.78, 5) is 8.21. The first-order chi connectivity index (χ1) is 29.3. The Balaban J connectivity index is 1.48. The molecule has 0 bridgehead atoms. The van der Waals surface area contributed by atoms with Crippen molar-refractivity contribution in [3.8, 4) is 0 Å². The maximum atomic E-state index is 7.60. The van der Waals surface area contributed by atoms with Crippen molar-refractivity contribution < 1.29 is 0 Å². The van der Waals surface area contributed by atoms with E-state index in [0.717, 1.165) is 75.9 Å². The summed E-state index contributed by atoms with van der Waals surface area (Å²) in [7, 11) is 0. The zero-order valence-corrected chi connectivity index (χ0v) is 39.2. The van der Waals surface area contributed by atoms with E-state index in [1.54, 1.807) is 5.56 Å². The van der Waals surface area contributed by atoms with Crippen LogP contribution in [0.3, 0.4) is 0 Å². The van der Waals surface area contributed by atoms with Gasteiger partial charge in [0.25, 0.3) is 0 Å². The van der Waals surface area contributed by atoms with Crippen molar-refractivity contribution in [3.63, 3.8) is 0 Å². The molecule has 0 saturated carbocycles. The van der Waals surface area contributed by atoms with Gasteiger partial charge in [0.2, 0.25) is 0 Å². The molecule has 60 heavy (non-hydrogen) atoms. The van der Waals surface area contributed by atoms with Crippen molar-refractivity contribution in [3.05, 3.63) is 136 Å². The molecule has 2 nitrogen and oxygen atoms in total. The highest BCUT2D eigenvalue weighted by molar-refractivity contribution is 6.32. The van der Waals surface area contributed by atoms with Gasteiger partial charge >= 0.3 is 0 Å². The van der Waals surface area contributed by atoms with Gasteiger partial charge in [0.05, 0.1) is 0 Å². The topological polar surface area (TPSA) is 15.6 Å². The van der Waals surface area contributed by atoms with Gasteiger partial charge in [-0.1, -0.05) is 183 Å². The zero-order valence-electron chi connectivity index (χ0n) is 38.4. The number of nitrogens with zero attached hydrogens (tertiary/aromatic N) is 2. The number of allylic oxidation sites excluding steroid dienone is 8. The van der Waals surface area contributed by atoms with Gasteiger partial charge in [0.1, 0.15) is 0 Å². The standard InChI is InChI=1S/C57H75ClN2/c1-8-14-37-56(38-15-9-2,53-43(7)29-30-44-23-18-20-27-48(44)53)51(59-41-12-5)35-32-46-25-22-26-47(55(46)58)33-36-52-57(39-16-10-3,40-17-11-4)54-49-28-21-19-24-45(49)31-34-50(54)60(52)42-13-6/h18-21,23-24,27-36H,8-17,22,25-26,37-42H2,1-7H3/b35-32+,47-33+,52-36-,59-51+. The third-order valence-electron chi connectivity index (χ3n) is 13.7. The Hall–Kier alpha value is -3.88. The molecule has 0 unspecified atom stereocenters. The van der Waals surface area contributed by atoms with Gasteiger partial charge in [-0.2, -0.15) is 0 Å². The molecule has 4 aromatic rings. The van der Waals surface area contributed by atoms with Crippen molar-refractivity contribution in [1.29, 1.82) is 0 Å². The first kappa shape index (κ1) is 45.6. The minimum absolute atomic E-state index is 0.0211. The number of benzene rings is 4. The lowest BCUT2D eigenvalue weighted by Crippen LogP contribution is -2.36. The van der Waals surface area contributed by atoms with Crippen LogP contribution in [-0.2, 0) is 10.8 Å². The van der Waals surface area contributed by atoms with Crippen LogP contribution in [0.5, 0.6) is 0 Å². The van der Waals surface area contributed by atoms with E-state index in [-0.39, 0.29) is 10.8 Å². The average Bonchev–Trinajstić information content (AvgIpc) is 3.53. The van der Waals surface area contributed by atoms with E-state index in [1.807, 2.05) is 0 Å². The number of fused-ring (bicyclic) bond motifs is 4. The van der Waals surface area contributed by atoms with Crippen molar-refractivity contribution >= 4 is 44.5 Å². The van der Waals surface area contributed by atoms with Crippen LogP contribution in [0.1, 0.15) is 167 Å². The smallest absolute Gasteiger partial charge is 0.0470 e. The molecule has 0 fully saturated rings. The van der Waals surface area contributed by atoms with Gasteiger partial charge in [0, 0.05) is 46.0 Å². The SMILES string of the molecule is CCCCC1(CCCC)/C(=C/C=C2\CCCC(/C=C/C(=N\CCC)C(CCCC)(CCCC)c3c(C)ccc4ccccc34)=C2Cl)N(CCC)c2ccc3ccccc3c21. The molecule has 0 saturated heterocycles. The first-order valence-electron chi connectivity index (χ1n) is 24.2. The molecule has 1 aliphatic heterocycles. The molecule has 0 N–H and O–H groups in total. The van der Waals surface area contributed by atoms with Crippen LogP contribution in [0.25, 0.3) is 21.5 Å². The van der Waals surface area contributed by atoms with Gasteiger partial charge in [-0.05, 0) is 132 Å². The maximum absolute atomic E-state index is 7.60. The van der Waals surface area contributed by atoms with Gasteiger partial charge in [-0.3, -0.25) is 4.99 Å². The van der Waals surface area contributed by atoms with E-state index in [0.29, 0.717) is 0 Å². The van der Waals surface area contributed by atoms with Gasteiger partial charge in [0.15, 0.2) is 0 Å². The van der Waals surface area contributed by atoms with E-state index in [9.17, 15) is 0 Å². The number of unbranched alkanes of at least 4 members (excludes halogenated alkanes) is 4. The van der Waals surface area contributed by atoms with Crippen molar-refractivity contribution in [2.24, 2.45) is 4.99 Å². The lowest BCUT2D eigenvalue weighted by molar-refractivity contribution is 0.407. The molecule has 3 heteroatoms. The Morgan fingerprint density at radius 3 is 2.00 bits per heavy atom. The predicted molar refractivity (Wildman–Crippen MR) is 266 cm³/mol. The zero-order chi connectivity index (χ0) is 42.5. The molecule has 1 heterocycles. The molecule has 2 aliphatic rings. The fourth-order valence-electron chi connectivity index (χ4n) is 10.7. The van der Waals surface area contributed by atoms with Crippen LogP contribution in [-0.4, -0.2) is 18.8 Å². The molecule has 0 amide bonds. The van der Waals surface area contributed by atoms with Gasteiger partial charge in [-0.25, -0.2) is 0 Å². The van der Waals surface area contributed by atoms with Crippen molar-refractivity contribution in [2.45, 2.75) is 168 Å². The summed E-state index contributed by atoms with van der Waals surface area (Å²) in [6.45, 7) is 18.1. The molecular formula is C57H75ClN2. The largest absolute Gasteiger partial charge is 0.344 e. The third-order valence-corrected chi connectivity index (χ3v) is 14.2. The predicted octanol–water partition coefficient (Wildman–Crippen LogP) is 17.4. The second kappa shape index (κ2) is 21.8. The normalized spacial score (nSPS) is 17.3. The monoisotopic (exact) mass is 823 g/mol. The molecule has 4 aromatic carbocycles. The van der Waals surface area contributed by atoms with Gasteiger partial charge < -0.3 is 4.90 Å². The van der Waals surface area contributed by atoms with E-state index in [2.05, 4.69) is 150 Å². The van der Waals surface area contributed by atoms with Crippen LogP contribution in [0.2, 0.25) is 0 Å². The van der Waals surface area contributed by atoms with Crippen LogP contribution in [0, 0.1) is 6.92 Å². The third kappa shape index (κ3) is 9.45. The number of anilines is 1. The molecule has 320 valence electrons. The number of aryl methyl sites for hydroxylation is 1. The fraction of sp³-hybridized carbons (Fsp3) is 0.491. The maximum Gasteiger partial charge on any atom is 0.0470 e. The van der Waals surface area contributed by atoms with E-state index < -0.39 is 0 Å². The molecular weight excluding hydrogens is 748 g/mol. The minimum Gasteiger partial charge on any atom is -0.344 e. The van der Waals surface area contributed by atoms with Crippen LogP contribution < -0.4 is 4.90 Å². The average molecular weight is 824 g/mol. The highest BCUT2D eigenvalue weighted by Crippen LogP contribution is 2.56. The lowest BCUT2D eigenvalue weighted by atomic mass is 9.66. The number of hydrogen-bond acceptors (Lipinski definition) is 2. The number of halogens is 1. The summed E-state index contributed by atoms with van der Waals surface area (Å²) in [6, 6.07) is 27.6. The Labute approximate surface area is 370 Å². The summed E-state index contributed by atoms with van der Waals surface area (Å²) in [5, 5.41) is 6.42. The lowest BCUT2D eigenvalue weighted by Gasteiger charge is -2.38. The van der Waals surface area contributed by atoms with Gasteiger partial charge in [-0.15, -0.1) is 0 Å². The van der Waals surface area contributed by atoms with Crippen molar-refractivity contribution in [1.82, 2.24) is 0 Å². The summed E-state index contributed by atoms with van der Waals surface area (Å²) in [5.41, 5.74) is 10.9. The molecule has 0 spiro atoms. The number of aliphatic imine (C=N–C) groups is 1. The van der Waals surface area contributed by atoms with Crippen LogP contribution >= 0.6 is 11.6 Å². The molecule has 0 radical (unpaired) electrons. The summed E-state index contributed by atoms with van der Waals surface area (Å²) < 4.78 is 0. The van der Waals surface area contributed by atoms with E-state index >= 15 is 0 Å². The molecule has 6 rings (SSSR count). The number of hydrogen-bond donors (Lipinski definition) is 0. The highest BCUT2D eigenvalue weighted by Gasteiger charge is 2.47. The van der Waals surface area contributed by atoms with Crippen molar-refractivity contribution in [2.75, 3.05) is 18.0 Å². The summed E-state index contributed by atoms with van der Waals surface area (Å²) >= 11 is 7.60. The Bertz CT molecular complexity index is 2200. The quantitative estimate of drug-likeness (QED) is 0.0765. The Morgan fingerprint density at radius 1 is 0.717 bits per heavy atom. The highest BCUT2D eigenvalue weighted by atomic mass is 35.5. The van der Waals surface area contributed by atoms with Crippen LogP contribution in [0.15, 0.2) is 124 Å². The molecule has 0 aromatic heterocycles. The summed E-state index contributed by atoms with van der Waals surface area (Å²) in [5.74, 6) is 0. The number of rotatable bonds is 21. The molecule has 0 atom stereocenters. The second-order valence-electron chi connectivity index (χ2n) is 17.9. The first-order valence-corrected chi connectivity index (χ1v) is 24.5. The fourth-order valence-corrected chi connectivity index (χ4v) is 11.0. The Morgan fingerprint density at radius 2 is 1.35 bits per heavy atom. The second-order valence-corrected chi connectivity index (χ2v) is 18.3. The van der Waals surface area contributed by atoms with E-state index in [4.69, 9.17) is 16.6 Å². The van der Waals surface area contributed by atoms with Crippen LogP contribution in [0.4, 0.5) is 5.69 Å². The minimum atomic E-state index is -0.169. The summed E-state index contributed by atoms with van der Waals surface area (Å²) in [6.07, 6.45) is 29.0.